The Morgan fingerprint density at radius 2 is 1.12 bits per heavy atom. The second-order valence-corrected chi connectivity index (χ2v) is 4.30. The molecular formula is C15H16N2. The first-order valence-electron chi connectivity index (χ1n) is 5.66. The lowest BCUT2D eigenvalue weighted by Crippen LogP contribution is -2.43. The number of benzene rings is 2. The average molecular weight is 224 g/mol. The standard InChI is InChI=1S/C15H16N2/c1-17(2)15(16,13-9-5-3-6-10-13)14-11-7-4-8-12-14/h3-12H,1-2H3. The minimum Gasteiger partial charge on any atom is -0.282 e. The number of nitrogens with zero attached hydrogens (tertiary/aromatic N) is 2. The SMILES string of the molecule is CN(C)C([N])(c1ccccc1)c1ccccc1. The maximum atomic E-state index is 11.0. The molecule has 2 nitrogen and oxygen atoms in total. The molecule has 0 aliphatic heterocycles. The van der Waals surface area contributed by atoms with E-state index in [1.165, 1.54) is 0 Å². The van der Waals surface area contributed by atoms with Crippen LogP contribution >= 0.6 is 0 Å². The van der Waals surface area contributed by atoms with Crippen LogP contribution in [0, 0.1) is 0 Å². The number of hydrogen-bond donors (Lipinski definition) is 0. The zero-order valence-electron chi connectivity index (χ0n) is 10.2. The molecule has 0 amide bonds. The molecule has 0 fully saturated rings. The van der Waals surface area contributed by atoms with Gasteiger partial charge in [-0.3, -0.25) is 4.90 Å². The highest BCUT2D eigenvalue weighted by Crippen LogP contribution is 2.30. The third-order valence-electron chi connectivity index (χ3n) is 3.00. The first-order chi connectivity index (χ1) is 8.15. The highest BCUT2D eigenvalue weighted by atomic mass is 15.2. The van der Waals surface area contributed by atoms with E-state index in [1.54, 1.807) is 0 Å². The van der Waals surface area contributed by atoms with E-state index in [1.807, 2.05) is 79.7 Å². The molecule has 86 valence electrons. The Morgan fingerprint density at radius 1 is 0.765 bits per heavy atom. The van der Waals surface area contributed by atoms with Gasteiger partial charge in [0, 0.05) is 0 Å². The molecule has 0 heterocycles. The van der Waals surface area contributed by atoms with Crippen molar-refractivity contribution in [3.05, 3.63) is 71.8 Å². The lowest BCUT2D eigenvalue weighted by Gasteiger charge is -2.34. The molecule has 0 unspecified atom stereocenters. The van der Waals surface area contributed by atoms with Gasteiger partial charge < -0.3 is 0 Å². The van der Waals surface area contributed by atoms with E-state index in [2.05, 4.69) is 0 Å². The Bertz CT molecular complexity index is 423. The van der Waals surface area contributed by atoms with Crippen molar-refractivity contribution < 1.29 is 0 Å². The fourth-order valence-electron chi connectivity index (χ4n) is 2.02. The van der Waals surface area contributed by atoms with E-state index in [9.17, 15) is 5.73 Å². The molecule has 17 heavy (non-hydrogen) atoms. The third kappa shape index (κ3) is 2.09. The molecule has 0 spiro atoms. The Morgan fingerprint density at radius 3 is 1.41 bits per heavy atom. The summed E-state index contributed by atoms with van der Waals surface area (Å²) < 4.78 is 0. The van der Waals surface area contributed by atoms with Crippen molar-refractivity contribution in [2.45, 2.75) is 5.66 Å². The van der Waals surface area contributed by atoms with Crippen LogP contribution in [0.3, 0.4) is 0 Å². The fourth-order valence-corrected chi connectivity index (χ4v) is 2.02. The van der Waals surface area contributed by atoms with Gasteiger partial charge in [-0.1, -0.05) is 60.7 Å². The first kappa shape index (κ1) is 11.8. The molecule has 2 radical (unpaired) electrons. The van der Waals surface area contributed by atoms with Gasteiger partial charge in [0.05, 0.1) is 0 Å². The van der Waals surface area contributed by atoms with Crippen molar-refractivity contribution in [1.29, 1.82) is 0 Å². The van der Waals surface area contributed by atoms with Gasteiger partial charge in [-0.25, -0.2) is 0 Å². The van der Waals surface area contributed by atoms with E-state index in [0.717, 1.165) is 11.1 Å². The summed E-state index contributed by atoms with van der Waals surface area (Å²) >= 11 is 0. The van der Waals surface area contributed by atoms with Crippen LogP contribution in [0.1, 0.15) is 11.1 Å². The Balaban J connectivity index is 2.55. The van der Waals surface area contributed by atoms with E-state index in [0.29, 0.717) is 0 Å². The summed E-state index contributed by atoms with van der Waals surface area (Å²) in [5.74, 6) is 0. The molecule has 2 aromatic rings. The van der Waals surface area contributed by atoms with Gasteiger partial charge in [-0.15, -0.1) is 5.73 Å². The van der Waals surface area contributed by atoms with Crippen LogP contribution in [0.5, 0.6) is 0 Å². The minimum atomic E-state index is -1.08. The predicted molar refractivity (Wildman–Crippen MR) is 69.5 cm³/mol. The molecule has 2 rings (SSSR count). The van der Waals surface area contributed by atoms with Gasteiger partial charge in [0.15, 0.2) is 5.66 Å². The van der Waals surface area contributed by atoms with Crippen LogP contribution < -0.4 is 5.73 Å². The van der Waals surface area contributed by atoms with Gasteiger partial charge >= 0.3 is 0 Å². The molecule has 0 saturated carbocycles. The van der Waals surface area contributed by atoms with Gasteiger partial charge in [-0.05, 0) is 25.2 Å². The zero-order chi connectivity index (χ0) is 12.3. The molecule has 0 aliphatic carbocycles. The Labute approximate surface area is 103 Å². The molecule has 0 atom stereocenters. The van der Waals surface area contributed by atoms with Gasteiger partial charge in [-0.2, -0.15) is 0 Å². The lowest BCUT2D eigenvalue weighted by molar-refractivity contribution is 0.198. The van der Waals surface area contributed by atoms with Gasteiger partial charge in [0.25, 0.3) is 0 Å². The molecular weight excluding hydrogens is 208 g/mol. The van der Waals surface area contributed by atoms with Crippen molar-refractivity contribution >= 4 is 0 Å². The molecule has 2 aromatic carbocycles. The molecule has 0 saturated heterocycles. The molecule has 0 aromatic heterocycles. The van der Waals surface area contributed by atoms with Crippen molar-refractivity contribution in [3.8, 4) is 0 Å². The summed E-state index contributed by atoms with van der Waals surface area (Å²) in [6.45, 7) is 0. The van der Waals surface area contributed by atoms with Crippen LogP contribution in [0.4, 0.5) is 0 Å². The minimum absolute atomic E-state index is 0.871. The summed E-state index contributed by atoms with van der Waals surface area (Å²) in [7, 11) is 3.75. The largest absolute Gasteiger partial charge is 0.282 e. The van der Waals surface area contributed by atoms with Crippen LogP contribution in [0.25, 0.3) is 0 Å². The van der Waals surface area contributed by atoms with E-state index >= 15 is 0 Å². The smallest absolute Gasteiger partial charge is 0.157 e. The molecule has 2 heteroatoms. The molecule has 0 bridgehead atoms. The Hall–Kier alpha value is -1.64. The van der Waals surface area contributed by atoms with Crippen LogP contribution in [-0.2, 0) is 5.66 Å². The summed E-state index contributed by atoms with van der Waals surface area (Å²) in [6.07, 6.45) is 0. The van der Waals surface area contributed by atoms with Crippen molar-refractivity contribution in [2.75, 3.05) is 14.1 Å². The topological polar surface area (TPSA) is 25.5 Å². The summed E-state index contributed by atoms with van der Waals surface area (Å²) in [5, 5.41) is 0. The summed E-state index contributed by atoms with van der Waals surface area (Å²) in [4.78, 5) is 1.82. The number of rotatable bonds is 3. The Kier molecular flexibility index (Phi) is 3.27. The second kappa shape index (κ2) is 4.70. The van der Waals surface area contributed by atoms with Gasteiger partial charge in [0.1, 0.15) is 0 Å². The quantitative estimate of drug-likeness (QED) is 0.786. The molecule has 0 N–H and O–H groups in total. The highest BCUT2D eigenvalue weighted by molar-refractivity contribution is 5.36. The van der Waals surface area contributed by atoms with Crippen LogP contribution in [0.2, 0.25) is 0 Å². The zero-order valence-corrected chi connectivity index (χ0v) is 10.2. The van der Waals surface area contributed by atoms with Crippen molar-refractivity contribution in [2.24, 2.45) is 0 Å². The summed E-state index contributed by atoms with van der Waals surface area (Å²) in [5.41, 5.74) is 11.6. The average Bonchev–Trinajstić information content (AvgIpc) is 2.39. The summed E-state index contributed by atoms with van der Waals surface area (Å²) in [6, 6.07) is 19.4. The normalized spacial score (nSPS) is 11.8. The monoisotopic (exact) mass is 224 g/mol. The van der Waals surface area contributed by atoms with Crippen LogP contribution in [0.15, 0.2) is 60.7 Å². The lowest BCUT2D eigenvalue weighted by atomic mass is 9.91. The highest BCUT2D eigenvalue weighted by Gasteiger charge is 2.34. The molecule has 0 aliphatic rings. The van der Waals surface area contributed by atoms with Crippen LogP contribution in [-0.4, -0.2) is 19.0 Å². The van der Waals surface area contributed by atoms with E-state index < -0.39 is 5.66 Å². The van der Waals surface area contributed by atoms with Crippen molar-refractivity contribution in [3.63, 3.8) is 0 Å². The second-order valence-electron chi connectivity index (χ2n) is 4.30. The van der Waals surface area contributed by atoms with E-state index in [-0.39, 0.29) is 0 Å². The van der Waals surface area contributed by atoms with Crippen molar-refractivity contribution in [1.82, 2.24) is 10.6 Å². The maximum Gasteiger partial charge on any atom is 0.157 e. The fraction of sp³-hybridized carbons (Fsp3) is 0.200. The van der Waals surface area contributed by atoms with Gasteiger partial charge in [0.2, 0.25) is 0 Å². The third-order valence-corrected chi connectivity index (χ3v) is 3.00. The maximum absolute atomic E-state index is 11.0. The predicted octanol–water partition coefficient (Wildman–Crippen LogP) is 2.52. The first-order valence-corrected chi connectivity index (χ1v) is 5.66. The number of hydrogen-bond acceptors (Lipinski definition) is 1. The van der Waals surface area contributed by atoms with E-state index in [4.69, 9.17) is 0 Å².